The average molecular weight is 291 g/mol. The third-order valence-corrected chi connectivity index (χ3v) is 3.19. The van der Waals surface area contributed by atoms with Crippen LogP contribution in [0.3, 0.4) is 0 Å². The first-order valence-electron chi connectivity index (χ1n) is 6.61. The fourth-order valence-electron chi connectivity index (χ4n) is 2.25. The zero-order valence-corrected chi connectivity index (χ0v) is 12.4. The molecule has 1 aliphatic heterocycles. The van der Waals surface area contributed by atoms with Gasteiger partial charge in [0.15, 0.2) is 5.82 Å². The van der Waals surface area contributed by atoms with E-state index in [4.69, 9.17) is 4.74 Å². The van der Waals surface area contributed by atoms with E-state index in [9.17, 15) is 4.79 Å². The van der Waals surface area contributed by atoms with Crippen LogP contribution in [-0.2, 0) is 24.9 Å². The average Bonchev–Trinajstić information content (AvgIpc) is 3.05. The van der Waals surface area contributed by atoms with Crippen molar-refractivity contribution >= 4 is 6.09 Å². The van der Waals surface area contributed by atoms with Gasteiger partial charge in [-0.1, -0.05) is 0 Å². The highest BCUT2D eigenvalue weighted by molar-refractivity contribution is 5.69. The lowest BCUT2D eigenvalue weighted by atomic mass is 10.2. The van der Waals surface area contributed by atoms with E-state index in [-0.39, 0.29) is 6.09 Å². The van der Waals surface area contributed by atoms with Gasteiger partial charge < -0.3 is 9.30 Å². The minimum atomic E-state index is -0.504. The lowest BCUT2D eigenvalue weighted by Gasteiger charge is -2.24. The fourth-order valence-corrected chi connectivity index (χ4v) is 2.25. The number of aromatic nitrogens is 6. The normalized spacial score (nSPS) is 14.4. The molecule has 1 N–H and O–H groups in total. The van der Waals surface area contributed by atoms with Crippen molar-refractivity contribution in [3.05, 3.63) is 11.4 Å². The Morgan fingerprint density at radius 2 is 2.10 bits per heavy atom. The number of carbonyl (C=O) groups is 1. The molecule has 0 saturated heterocycles. The summed E-state index contributed by atoms with van der Waals surface area (Å²) in [6.07, 6.45) is -0.330. The van der Waals surface area contributed by atoms with Crippen molar-refractivity contribution in [1.29, 1.82) is 0 Å². The van der Waals surface area contributed by atoms with Crippen LogP contribution in [0.25, 0.3) is 11.6 Å². The fraction of sp³-hybridized carbons (Fsp3) is 0.583. The quantitative estimate of drug-likeness (QED) is 0.835. The summed E-state index contributed by atoms with van der Waals surface area (Å²) in [7, 11) is 1.88. The Labute approximate surface area is 121 Å². The molecule has 0 aliphatic carbocycles. The summed E-state index contributed by atoms with van der Waals surface area (Å²) in [4.78, 5) is 18.2. The Hall–Kier alpha value is -2.45. The summed E-state index contributed by atoms with van der Waals surface area (Å²) in [6, 6.07) is 0. The minimum Gasteiger partial charge on any atom is -0.444 e. The maximum Gasteiger partial charge on any atom is 0.410 e. The number of hydrogen-bond donors (Lipinski definition) is 1. The number of hydrogen-bond acceptors (Lipinski definition) is 6. The number of aromatic amines is 1. The second-order valence-electron chi connectivity index (χ2n) is 5.97. The minimum absolute atomic E-state index is 0.330. The van der Waals surface area contributed by atoms with E-state index in [1.54, 1.807) is 4.90 Å². The molecule has 0 radical (unpaired) electrons. The summed E-state index contributed by atoms with van der Waals surface area (Å²) < 4.78 is 7.27. The first-order chi connectivity index (χ1) is 9.85. The summed E-state index contributed by atoms with van der Waals surface area (Å²) >= 11 is 0. The second kappa shape index (κ2) is 4.54. The Morgan fingerprint density at radius 3 is 2.67 bits per heavy atom. The summed E-state index contributed by atoms with van der Waals surface area (Å²) in [5, 5.41) is 13.6. The Kier molecular flexibility index (Phi) is 2.92. The largest absolute Gasteiger partial charge is 0.444 e. The maximum absolute atomic E-state index is 12.1. The van der Waals surface area contributed by atoms with E-state index in [1.165, 1.54) is 0 Å². The second-order valence-corrected chi connectivity index (χ2v) is 5.97. The molecule has 21 heavy (non-hydrogen) atoms. The van der Waals surface area contributed by atoms with E-state index < -0.39 is 5.60 Å². The van der Waals surface area contributed by atoms with Gasteiger partial charge in [0.25, 0.3) is 0 Å². The Morgan fingerprint density at radius 1 is 1.33 bits per heavy atom. The first-order valence-corrected chi connectivity index (χ1v) is 6.61. The molecule has 0 aromatic carbocycles. The zero-order chi connectivity index (χ0) is 15.2. The van der Waals surface area contributed by atoms with Gasteiger partial charge in [-0.3, -0.25) is 4.90 Å². The molecule has 0 bridgehead atoms. The number of tetrazole rings is 1. The van der Waals surface area contributed by atoms with Gasteiger partial charge in [-0.2, -0.15) is 0 Å². The molecule has 2 aromatic heterocycles. The third kappa shape index (κ3) is 2.46. The molecule has 0 unspecified atom stereocenters. The highest BCUT2D eigenvalue weighted by Gasteiger charge is 2.32. The number of H-pyrrole nitrogens is 1. The number of nitrogens with one attached hydrogen (secondary N) is 1. The molecule has 1 aliphatic rings. The molecule has 9 nitrogen and oxygen atoms in total. The van der Waals surface area contributed by atoms with Crippen molar-refractivity contribution in [3.8, 4) is 11.6 Å². The monoisotopic (exact) mass is 291 g/mol. The number of carbonyl (C=O) groups excluding carboxylic acids is 1. The molecule has 1 amide bonds. The number of rotatable bonds is 1. The standard InChI is InChI=1S/C12H17N7O2/c1-12(2,3)21-11(20)19-5-7-8(6-19)18(4)10(13-7)9-14-16-17-15-9/h5-6H2,1-4H3,(H,14,15,16,17). The van der Waals surface area contributed by atoms with Gasteiger partial charge >= 0.3 is 6.09 Å². The number of nitrogens with zero attached hydrogens (tertiary/aromatic N) is 6. The molecule has 112 valence electrons. The van der Waals surface area contributed by atoms with E-state index in [0.717, 1.165) is 11.4 Å². The van der Waals surface area contributed by atoms with Crippen molar-refractivity contribution < 1.29 is 9.53 Å². The van der Waals surface area contributed by atoms with Crippen LogP contribution in [0.5, 0.6) is 0 Å². The van der Waals surface area contributed by atoms with Gasteiger partial charge in [-0.05, 0) is 31.2 Å². The van der Waals surface area contributed by atoms with Gasteiger partial charge in [0, 0.05) is 7.05 Å². The van der Waals surface area contributed by atoms with Crippen molar-refractivity contribution in [2.75, 3.05) is 0 Å². The van der Waals surface area contributed by atoms with E-state index in [0.29, 0.717) is 24.7 Å². The van der Waals surface area contributed by atoms with Gasteiger partial charge in [-0.25, -0.2) is 14.9 Å². The molecule has 0 atom stereocenters. The van der Waals surface area contributed by atoms with Crippen LogP contribution >= 0.6 is 0 Å². The smallest absolute Gasteiger partial charge is 0.410 e. The van der Waals surface area contributed by atoms with Crippen LogP contribution in [0, 0.1) is 0 Å². The molecule has 9 heteroatoms. The molecular weight excluding hydrogens is 274 g/mol. The van der Waals surface area contributed by atoms with Gasteiger partial charge in [0.2, 0.25) is 5.82 Å². The van der Waals surface area contributed by atoms with Crippen LogP contribution < -0.4 is 0 Å². The van der Waals surface area contributed by atoms with Crippen LogP contribution in [0.4, 0.5) is 4.79 Å². The number of imidazole rings is 1. The van der Waals surface area contributed by atoms with E-state index in [1.807, 2.05) is 32.4 Å². The lowest BCUT2D eigenvalue weighted by Crippen LogP contribution is -2.33. The summed E-state index contributed by atoms with van der Waals surface area (Å²) in [5.74, 6) is 1.17. The molecule has 0 spiro atoms. The van der Waals surface area contributed by atoms with Crippen LogP contribution in [0.2, 0.25) is 0 Å². The third-order valence-electron chi connectivity index (χ3n) is 3.19. The topological polar surface area (TPSA) is 102 Å². The number of ether oxygens (including phenoxy) is 1. The van der Waals surface area contributed by atoms with Crippen molar-refractivity contribution in [2.45, 2.75) is 39.5 Å². The maximum atomic E-state index is 12.1. The summed E-state index contributed by atoms with van der Waals surface area (Å²) in [5.41, 5.74) is 1.30. The van der Waals surface area contributed by atoms with Crippen LogP contribution in [-0.4, -0.2) is 46.8 Å². The van der Waals surface area contributed by atoms with Crippen LogP contribution in [0.1, 0.15) is 32.2 Å². The van der Waals surface area contributed by atoms with Crippen molar-refractivity contribution in [3.63, 3.8) is 0 Å². The van der Waals surface area contributed by atoms with Crippen LogP contribution in [0.15, 0.2) is 0 Å². The molecule has 2 aromatic rings. The highest BCUT2D eigenvalue weighted by Crippen LogP contribution is 2.27. The number of amides is 1. The Bertz CT molecular complexity index is 669. The first kappa shape index (κ1) is 13.5. The van der Waals surface area contributed by atoms with Gasteiger partial charge in [-0.15, -0.1) is 5.10 Å². The number of fused-ring (bicyclic) bond motifs is 1. The Balaban J connectivity index is 1.79. The highest BCUT2D eigenvalue weighted by atomic mass is 16.6. The molecule has 3 heterocycles. The van der Waals surface area contributed by atoms with E-state index >= 15 is 0 Å². The predicted molar refractivity (Wildman–Crippen MR) is 71.9 cm³/mol. The summed E-state index contributed by atoms with van der Waals surface area (Å²) in [6.45, 7) is 6.44. The molecular formula is C12H17N7O2. The predicted octanol–water partition coefficient (Wildman–Crippen LogP) is 0.851. The van der Waals surface area contributed by atoms with Crippen molar-refractivity contribution in [2.24, 2.45) is 7.05 Å². The van der Waals surface area contributed by atoms with Crippen molar-refractivity contribution in [1.82, 2.24) is 35.1 Å². The molecule has 0 fully saturated rings. The lowest BCUT2D eigenvalue weighted by molar-refractivity contribution is 0.0238. The zero-order valence-electron chi connectivity index (χ0n) is 12.4. The van der Waals surface area contributed by atoms with Gasteiger partial charge in [0.05, 0.1) is 24.5 Å². The van der Waals surface area contributed by atoms with Gasteiger partial charge in [0.1, 0.15) is 5.60 Å². The molecule has 0 saturated carbocycles. The van der Waals surface area contributed by atoms with E-state index in [2.05, 4.69) is 25.6 Å². The SMILES string of the molecule is Cn1c(-c2nnn[nH]2)nc2c1CN(C(=O)OC(C)(C)C)C2. The molecule has 3 rings (SSSR count).